The van der Waals surface area contributed by atoms with Gasteiger partial charge in [0, 0.05) is 34.0 Å². The van der Waals surface area contributed by atoms with Crippen LogP contribution >= 0.6 is 23.1 Å². The number of aromatic amines is 1. The third-order valence-corrected chi connectivity index (χ3v) is 10.6. The summed E-state index contributed by atoms with van der Waals surface area (Å²) in [5.41, 5.74) is 1.33. The number of nitrogens with zero attached hydrogens (tertiary/aromatic N) is 2. The van der Waals surface area contributed by atoms with Gasteiger partial charge in [-0.05, 0) is 48.2 Å². The van der Waals surface area contributed by atoms with E-state index in [1.54, 1.807) is 25.1 Å². The van der Waals surface area contributed by atoms with Crippen LogP contribution in [0.15, 0.2) is 94.7 Å². The van der Waals surface area contributed by atoms with Gasteiger partial charge in [-0.25, -0.2) is 4.90 Å². The quantitative estimate of drug-likeness (QED) is 0.113. The summed E-state index contributed by atoms with van der Waals surface area (Å²) < 4.78 is 11.8. The Bertz CT molecular complexity index is 2160. The van der Waals surface area contributed by atoms with Crippen LogP contribution in [-0.2, 0) is 14.4 Å². The third-order valence-electron chi connectivity index (χ3n) is 8.19. The van der Waals surface area contributed by atoms with Crippen LogP contribution in [0.1, 0.15) is 23.3 Å². The first-order valence-electron chi connectivity index (χ1n) is 14.9. The molecule has 0 spiro atoms. The number of thiazole rings is 1. The summed E-state index contributed by atoms with van der Waals surface area (Å²) in [6, 6.07) is 23.7. The van der Waals surface area contributed by atoms with Gasteiger partial charge < -0.3 is 19.8 Å². The Morgan fingerprint density at radius 2 is 1.73 bits per heavy atom. The van der Waals surface area contributed by atoms with Gasteiger partial charge in [0.1, 0.15) is 5.25 Å². The molecular formula is C34H26N4O8S2. The third kappa shape index (κ3) is 5.58. The highest BCUT2D eigenvalue weighted by Crippen LogP contribution is 2.54. The van der Waals surface area contributed by atoms with Crippen molar-refractivity contribution in [3.05, 3.63) is 115 Å². The van der Waals surface area contributed by atoms with E-state index in [1.807, 2.05) is 42.5 Å². The van der Waals surface area contributed by atoms with Crippen molar-refractivity contribution in [3.63, 3.8) is 0 Å². The lowest BCUT2D eigenvalue weighted by Crippen LogP contribution is -2.32. The molecule has 3 heterocycles. The highest BCUT2D eigenvalue weighted by Gasteiger charge is 2.56. The van der Waals surface area contributed by atoms with Gasteiger partial charge in [-0.2, -0.15) is 0 Å². The number of nitro groups is 1. The lowest BCUT2D eigenvalue weighted by atomic mass is 9.83. The first-order chi connectivity index (χ1) is 23.2. The molecule has 14 heteroatoms. The van der Waals surface area contributed by atoms with E-state index in [0.717, 1.165) is 38.8 Å². The molecular weight excluding hydrogens is 657 g/mol. The Morgan fingerprint density at radius 1 is 0.958 bits per heavy atom. The van der Waals surface area contributed by atoms with E-state index in [-0.39, 0.29) is 35.4 Å². The lowest BCUT2D eigenvalue weighted by molar-refractivity contribution is -0.384. The number of anilines is 2. The number of hydrogen-bond acceptors (Lipinski definition) is 10. The topological polar surface area (TPSA) is 161 Å². The van der Waals surface area contributed by atoms with Crippen molar-refractivity contribution in [3.8, 4) is 11.5 Å². The summed E-state index contributed by atoms with van der Waals surface area (Å²) in [6.45, 7) is 1.78. The van der Waals surface area contributed by atoms with E-state index in [9.17, 15) is 29.3 Å². The Kier molecular flexibility index (Phi) is 8.19. The fraction of sp³-hybridized carbons (Fsp3) is 0.176. The van der Waals surface area contributed by atoms with Crippen LogP contribution in [0.5, 0.6) is 11.5 Å². The van der Waals surface area contributed by atoms with Gasteiger partial charge in [0.15, 0.2) is 18.1 Å². The van der Waals surface area contributed by atoms with E-state index in [4.69, 9.17) is 9.47 Å². The number of nitrogens with one attached hydrogen (secondary N) is 2. The summed E-state index contributed by atoms with van der Waals surface area (Å²) in [6.07, 6.45) is 0. The van der Waals surface area contributed by atoms with Crippen LogP contribution in [0.4, 0.5) is 17.1 Å². The van der Waals surface area contributed by atoms with Crippen molar-refractivity contribution in [2.45, 2.75) is 23.1 Å². The molecule has 0 saturated carbocycles. The van der Waals surface area contributed by atoms with E-state index in [1.165, 1.54) is 24.3 Å². The van der Waals surface area contributed by atoms with E-state index in [0.29, 0.717) is 32.7 Å². The number of aromatic nitrogens is 1. The number of carbonyl (C=O) groups is 3. The van der Waals surface area contributed by atoms with Crippen LogP contribution in [0, 0.1) is 16.0 Å². The average Bonchev–Trinajstić information content (AvgIpc) is 3.58. The first-order valence-corrected chi connectivity index (χ1v) is 16.6. The molecule has 0 radical (unpaired) electrons. The highest BCUT2D eigenvalue weighted by atomic mass is 32.2. The van der Waals surface area contributed by atoms with Crippen LogP contribution in [0.25, 0.3) is 10.8 Å². The number of non-ortho nitro benzene ring substituents is 1. The lowest BCUT2D eigenvalue weighted by Gasteiger charge is -2.30. The molecule has 2 unspecified atom stereocenters. The minimum absolute atomic E-state index is 0.168. The number of amides is 3. The van der Waals surface area contributed by atoms with Crippen LogP contribution in [0.2, 0.25) is 0 Å². The van der Waals surface area contributed by atoms with E-state index < -0.39 is 33.8 Å². The van der Waals surface area contributed by atoms with Crippen molar-refractivity contribution in [1.82, 2.24) is 4.98 Å². The second-order valence-electron chi connectivity index (χ2n) is 11.0. The Balaban J connectivity index is 1.18. The Labute approximate surface area is 280 Å². The summed E-state index contributed by atoms with van der Waals surface area (Å²) in [5, 5.41) is 15.6. The maximum absolute atomic E-state index is 14.0. The molecule has 5 aromatic rings. The molecule has 1 aromatic heterocycles. The van der Waals surface area contributed by atoms with Gasteiger partial charge in [0.2, 0.25) is 11.8 Å². The minimum atomic E-state index is -0.871. The predicted octanol–water partition coefficient (Wildman–Crippen LogP) is 5.71. The minimum Gasteiger partial charge on any atom is -0.490 e. The smallest absolute Gasteiger partial charge is 0.305 e. The second-order valence-corrected chi connectivity index (χ2v) is 13.2. The number of imide groups is 1. The number of benzene rings is 4. The molecule has 1 saturated heterocycles. The predicted molar refractivity (Wildman–Crippen MR) is 181 cm³/mol. The summed E-state index contributed by atoms with van der Waals surface area (Å²) in [4.78, 5) is 67.9. The number of nitro benzene ring substituents is 1. The number of ether oxygens (including phenoxy) is 2. The molecule has 0 aliphatic carbocycles. The zero-order valence-electron chi connectivity index (χ0n) is 25.2. The van der Waals surface area contributed by atoms with Gasteiger partial charge >= 0.3 is 4.87 Å². The number of rotatable bonds is 9. The fourth-order valence-electron chi connectivity index (χ4n) is 6.12. The normalized spacial score (nSPS) is 18.4. The summed E-state index contributed by atoms with van der Waals surface area (Å²) in [7, 11) is 0. The second kappa shape index (κ2) is 12.6. The van der Waals surface area contributed by atoms with Gasteiger partial charge in [-0.1, -0.05) is 65.6 Å². The molecule has 7 rings (SSSR count). The molecule has 0 bridgehead atoms. The molecule has 4 aromatic carbocycles. The van der Waals surface area contributed by atoms with Gasteiger partial charge in [-0.3, -0.25) is 29.3 Å². The monoisotopic (exact) mass is 682 g/mol. The molecule has 1 fully saturated rings. The van der Waals surface area contributed by atoms with Crippen molar-refractivity contribution < 1.29 is 28.8 Å². The van der Waals surface area contributed by atoms with Crippen LogP contribution in [-0.4, -0.2) is 46.1 Å². The molecule has 12 nitrogen and oxygen atoms in total. The molecule has 3 amide bonds. The zero-order chi connectivity index (χ0) is 33.5. The van der Waals surface area contributed by atoms with Gasteiger partial charge in [0.05, 0.1) is 28.2 Å². The number of H-pyrrole nitrogens is 1. The van der Waals surface area contributed by atoms with Gasteiger partial charge in [-0.15, -0.1) is 0 Å². The van der Waals surface area contributed by atoms with E-state index >= 15 is 0 Å². The van der Waals surface area contributed by atoms with Crippen LogP contribution < -0.4 is 24.6 Å². The Morgan fingerprint density at radius 3 is 2.50 bits per heavy atom. The SMILES string of the molecule is CCOc1cc([C@H]2c3sc(=O)[nH]c3SC3C(=O)N(c4ccc([N+](=O)[O-])cc4)C(=O)C32)ccc1OCC(=O)Nc1cccc2ccccc12. The van der Waals surface area contributed by atoms with Crippen LogP contribution in [0.3, 0.4) is 0 Å². The maximum Gasteiger partial charge on any atom is 0.305 e. The number of hydrogen-bond donors (Lipinski definition) is 2. The number of fused-ring (bicyclic) bond motifs is 3. The first kappa shape index (κ1) is 31.1. The molecule has 48 heavy (non-hydrogen) atoms. The highest BCUT2D eigenvalue weighted by molar-refractivity contribution is 8.00. The largest absolute Gasteiger partial charge is 0.490 e. The molecule has 3 atom stereocenters. The van der Waals surface area contributed by atoms with Crippen molar-refractivity contribution >= 4 is 68.7 Å². The molecule has 2 N–H and O–H groups in total. The van der Waals surface area contributed by atoms with E-state index in [2.05, 4.69) is 10.3 Å². The summed E-state index contributed by atoms with van der Waals surface area (Å²) >= 11 is 2.10. The molecule has 2 aliphatic heterocycles. The van der Waals surface area contributed by atoms with Crippen molar-refractivity contribution in [1.29, 1.82) is 0 Å². The Hall–Kier alpha value is -5.47. The fourth-order valence-corrected chi connectivity index (χ4v) is 8.64. The number of thioether (sulfide) groups is 1. The summed E-state index contributed by atoms with van der Waals surface area (Å²) in [5.74, 6) is -2.24. The average molecular weight is 683 g/mol. The zero-order valence-corrected chi connectivity index (χ0v) is 26.8. The molecule has 2 aliphatic rings. The maximum atomic E-state index is 14.0. The number of carbonyl (C=O) groups excluding carboxylic acids is 3. The standard InChI is InChI=1S/C34H26N4O8S2/c1-2-45-25-16-19(10-15-24(25)46-17-26(39)35-23-9-5-7-18-6-3-4-8-22(18)23)27-28-30(47-31-29(27)48-34(42)36-31)33(41)37(32(28)40)20-11-13-21(14-12-20)38(43)44/h3-16,27-28,30H,2,17H2,1H3,(H,35,39)(H,36,42)/t27-,28?,30?/m1/s1. The van der Waals surface area contributed by atoms with Crippen molar-refractivity contribution in [2.75, 3.05) is 23.4 Å². The molecule has 242 valence electrons. The van der Waals surface area contributed by atoms with Crippen molar-refractivity contribution in [2.24, 2.45) is 5.92 Å². The van der Waals surface area contributed by atoms with Gasteiger partial charge in [0.25, 0.3) is 11.6 Å².